The molecule has 1 aromatic heterocycles. The molecule has 5 nitrogen and oxygen atoms in total. The van der Waals surface area contributed by atoms with Gasteiger partial charge < -0.3 is 14.4 Å². The Kier molecular flexibility index (Phi) is 4.39. The molecule has 2 rings (SSSR count). The van der Waals surface area contributed by atoms with Crippen molar-refractivity contribution in [3.63, 3.8) is 0 Å². The van der Waals surface area contributed by atoms with Crippen LogP contribution in [0.15, 0.2) is 22.7 Å². The fourth-order valence-corrected chi connectivity index (χ4v) is 1.88. The Bertz CT molecular complexity index is 557. The van der Waals surface area contributed by atoms with Crippen LogP contribution in [-0.2, 0) is 4.74 Å². The molecule has 0 aliphatic carbocycles. The molecule has 0 aliphatic rings. The van der Waals surface area contributed by atoms with Crippen molar-refractivity contribution >= 4 is 11.6 Å². The lowest BCUT2D eigenvalue weighted by molar-refractivity contribution is 0.0518. The number of aromatic hydroxyl groups is 1. The topological polar surface area (TPSA) is 68.4 Å². The number of aromatic nitrogens is 2. The van der Waals surface area contributed by atoms with Gasteiger partial charge in [-0.25, -0.2) is 0 Å². The summed E-state index contributed by atoms with van der Waals surface area (Å²) in [5.74, 6) is 0.893. The summed E-state index contributed by atoms with van der Waals surface area (Å²) >= 11 is 5.85. The predicted octanol–water partition coefficient (Wildman–Crippen LogP) is 3.58. The van der Waals surface area contributed by atoms with Gasteiger partial charge in [0.2, 0.25) is 5.82 Å². The van der Waals surface area contributed by atoms with E-state index in [0.29, 0.717) is 23.9 Å². The van der Waals surface area contributed by atoms with Gasteiger partial charge in [-0.3, -0.25) is 0 Å². The highest BCUT2D eigenvalue weighted by Gasteiger charge is 2.18. The van der Waals surface area contributed by atoms with Crippen molar-refractivity contribution in [2.75, 3.05) is 6.61 Å². The average molecular weight is 283 g/mol. The molecule has 2 aromatic rings. The number of hydrogen-bond donors (Lipinski definition) is 1. The van der Waals surface area contributed by atoms with E-state index < -0.39 is 0 Å². The zero-order valence-corrected chi connectivity index (χ0v) is 11.5. The maximum Gasteiger partial charge on any atom is 0.258 e. The maximum atomic E-state index is 9.37. The molecule has 0 amide bonds. The van der Waals surface area contributed by atoms with Crippen molar-refractivity contribution in [2.24, 2.45) is 0 Å². The summed E-state index contributed by atoms with van der Waals surface area (Å²) in [6, 6.07) is 4.73. The fourth-order valence-electron chi connectivity index (χ4n) is 1.70. The average Bonchev–Trinajstić information content (AvgIpc) is 2.88. The Morgan fingerprint density at radius 2 is 2.21 bits per heavy atom. The first kappa shape index (κ1) is 13.8. The van der Waals surface area contributed by atoms with Crippen molar-refractivity contribution in [1.29, 1.82) is 0 Å². The van der Waals surface area contributed by atoms with Crippen LogP contribution in [0.5, 0.6) is 5.75 Å². The highest BCUT2D eigenvalue weighted by atomic mass is 35.5. The van der Waals surface area contributed by atoms with Crippen molar-refractivity contribution in [2.45, 2.75) is 26.4 Å². The molecule has 0 saturated carbocycles. The van der Waals surface area contributed by atoms with Gasteiger partial charge in [0.05, 0.1) is 5.02 Å². The van der Waals surface area contributed by atoms with E-state index in [0.717, 1.165) is 6.42 Å². The first-order valence-electron chi connectivity index (χ1n) is 6.09. The molecular formula is C13H15ClN2O3. The molecule has 1 N–H and O–H groups in total. The predicted molar refractivity (Wildman–Crippen MR) is 71.1 cm³/mol. The lowest BCUT2D eigenvalue weighted by Crippen LogP contribution is -2.04. The quantitative estimate of drug-likeness (QED) is 0.908. The number of phenolic OH excluding ortho intramolecular Hbond substituents is 1. The Morgan fingerprint density at radius 1 is 1.42 bits per heavy atom. The number of hydrogen-bond acceptors (Lipinski definition) is 5. The summed E-state index contributed by atoms with van der Waals surface area (Å²) in [5.41, 5.74) is 0.660. The van der Waals surface area contributed by atoms with Crippen LogP contribution >= 0.6 is 11.6 Å². The van der Waals surface area contributed by atoms with Gasteiger partial charge in [0.25, 0.3) is 5.89 Å². The van der Waals surface area contributed by atoms with Crippen LogP contribution in [0.4, 0.5) is 0 Å². The molecular weight excluding hydrogens is 268 g/mol. The van der Waals surface area contributed by atoms with E-state index in [9.17, 15) is 5.11 Å². The second kappa shape index (κ2) is 6.04. The second-order valence-electron chi connectivity index (χ2n) is 3.98. The molecule has 0 fully saturated rings. The van der Waals surface area contributed by atoms with Gasteiger partial charge in [-0.2, -0.15) is 4.98 Å². The molecule has 0 saturated heterocycles. The highest BCUT2D eigenvalue weighted by molar-refractivity contribution is 6.32. The van der Waals surface area contributed by atoms with E-state index in [4.69, 9.17) is 20.9 Å². The second-order valence-corrected chi connectivity index (χ2v) is 4.38. The zero-order chi connectivity index (χ0) is 13.8. The first-order valence-corrected chi connectivity index (χ1v) is 6.47. The lowest BCUT2D eigenvalue weighted by Gasteiger charge is -2.09. The van der Waals surface area contributed by atoms with Crippen LogP contribution in [0.2, 0.25) is 5.02 Å². The summed E-state index contributed by atoms with van der Waals surface area (Å²) in [7, 11) is 0. The van der Waals surface area contributed by atoms with Gasteiger partial charge in [-0.15, -0.1) is 0 Å². The third-order valence-corrected chi connectivity index (χ3v) is 2.97. The van der Waals surface area contributed by atoms with Crippen LogP contribution in [-0.4, -0.2) is 21.9 Å². The number of nitrogens with zero attached hydrogens (tertiary/aromatic N) is 2. The Morgan fingerprint density at radius 3 is 2.84 bits per heavy atom. The van der Waals surface area contributed by atoms with Crippen LogP contribution in [0, 0.1) is 0 Å². The molecule has 1 aromatic carbocycles. The van der Waals surface area contributed by atoms with Gasteiger partial charge in [-0.1, -0.05) is 23.7 Å². The van der Waals surface area contributed by atoms with E-state index in [-0.39, 0.29) is 16.9 Å². The minimum absolute atomic E-state index is 0.0194. The molecule has 1 atom stereocenters. The van der Waals surface area contributed by atoms with Gasteiger partial charge in [0.1, 0.15) is 11.9 Å². The summed E-state index contributed by atoms with van der Waals surface area (Å²) in [5, 5.41) is 13.5. The lowest BCUT2D eigenvalue weighted by atomic mass is 10.2. The van der Waals surface area contributed by atoms with Gasteiger partial charge >= 0.3 is 0 Å². The van der Waals surface area contributed by atoms with Crippen LogP contribution < -0.4 is 0 Å². The molecule has 0 bridgehead atoms. The molecule has 19 heavy (non-hydrogen) atoms. The number of ether oxygens (including phenoxy) is 1. The molecule has 1 unspecified atom stereocenters. The Labute approximate surface area is 116 Å². The van der Waals surface area contributed by atoms with Crippen molar-refractivity contribution < 1.29 is 14.4 Å². The van der Waals surface area contributed by atoms with E-state index in [1.165, 1.54) is 6.07 Å². The first-order chi connectivity index (χ1) is 9.15. The van der Waals surface area contributed by atoms with Crippen molar-refractivity contribution in [1.82, 2.24) is 10.1 Å². The SMILES string of the molecule is CCOC(CC)c1noc(-c2ccc(O)c(Cl)c2)n1. The number of phenols is 1. The summed E-state index contributed by atoms with van der Waals surface area (Å²) < 4.78 is 10.7. The molecule has 6 heteroatoms. The van der Waals surface area contributed by atoms with E-state index in [1.54, 1.807) is 12.1 Å². The van der Waals surface area contributed by atoms with Crippen LogP contribution in [0.3, 0.4) is 0 Å². The zero-order valence-electron chi connectivity index (χ0n) is 10.8. The molecule has 0 spiro atoms. The third-order valence-electron chi connectivity index (χ3n) is 2.66. The molecule has 0 radical (unpaired) electrons. The largest absolute Gasteiger partial charge is 0.506 e. The Balaban J connectivity index is 2.27. The maximum absolute atomic E-state index is 9.37. The van der Waals surface area contributed by atoms with Gasteiger partial charge in [-0.05, 0) is 31.5 Å². The molecule has 1 heterocycles. The van der Waals surface area contributed by atoms with Crippen molar-refractivity contribution in [3.8, 4) is 17.2 Å². The number of benzene rings is 1. The third kappa shape index (κ3) is 3.05. The van der Waals surface area contributed by atoms with Gasteiger partial charge in [0.15, 0.2) is 0 Å². The van der Waals surface area contributed by atoms with E-state index >= 15 is 0 Å². The summed E-state index contributed by atoms with van der Waals surface area (Å²) in [6.45, 7) is 4.50. The highest BCUT2D eigenvalue weighted by Crippen LogP contribution is 2.29. The summed E-state index contributed by atoms with van der Waals surface area (Å²) in [6.07, 6.45) is 0.596. The Hall–Kier alpha value is -1.59. The summed E-state index contributed by atoms with van der Waals surface area (Å²) in [4.78, 5) is 4.30. The normalized spacial score (nSPS) is 12.6. The smallest absolute Gasteiger partial charge is 0.258 e. The number of halogens is 1. The number of rotatable bonds is 5. The van der Waals surface area contributed by atoms with Gasteiger partial charge in [0, 0.05) is 12.2 Å². The monoisotopic (exact) mass is 282 g/mol. The fraction of sp³-hybridized carbons (Fsp3) is 0.385. The van der Waals surface area contributed by atoms with E-state index in [1.807, 2.05) is 13.8 Å². The van der Waals surface area contributed by atoms with E-state index in [2.05, 4.69) is 10.1 Å². The minimum atomic E-state index is -0.171. The van der Waals surface area contributed by atoms with Crippen molar-refractivity contribution in [3.05, 3.63) is 29.0 Å². The van der Waals surface area contributed by atoms with Crippen LogP contribution in [0.1, 0.15) is 32.2 Å². The molecule has 0 aliphatic heterocycles. The molecule has 102 valence electrons. The minimum Gasteiger partial charge on any atom is -0.506 e. The van der Waals surface area contributed by atoms with Crippen LogP contribution in [0.25, 0.3) is 11.5 Å². The standard InChI is InChI=1S/C13H15ClN2O3/c1-3-11(18-4-2)12-15-13(19-16-12)8-5-6-10(17)9(14)7-8/h5-7,11,17H,3-4H2,1-2H3.